The smallest absolute Gasteiger partial charge is 0.134 e. The summed E-state index contributed by atoms with van der Waals surface area (Å²) in [5.41, 5.74) is 10.0. The van der Waals surface area contributed by atoms with Gasteiger partial charge in [0, 0.05) is 17.3 Å². The quantitative estimate of drug-likeness (QED) is 0.561. The van der Waals surface area contributed by atoms with E-state index >= 15 is 0 Å². The van der Waals surface area contributed by atoms with Crippen molar-refractivity contribution in [3.05, 3.63) is 29.3 Å². The maximum absolute atomic E-state index is 13.3. The minimum atomic E-state index is -1.51. The first kappa shape index (κ1) is 12.8. The van der Waals surface area contributed by atoms with Crippen LogP contribution < -0.4 is 11.5 Å². The summed E-state index contributed by atoms with van der Waals surface area (Å²) in [5, 5.41) is 19.1. The van der Waals surface area contributed by atoms with Crippen LogP contribution in [-0.4, -0.2) is 22.9 Å². The molecule has 6 N–H and O–H groups in total. The van der Waals surface area contributed by atoms with Gasteiger partial charge in [-0.1, -0.05) is 0 Å². The summed E-state index contributed by atoms with van der Waals surface area (Å²) in [5.74, 6) is -1.82. The number of hydrogen-bond acceptors (Lipinski definition) is 4. The predicted octanol–water partition coefficient (Wildman–Crippen LogP) is 0.290. The fourth-order valence-corrected chi connectivity index (χ4v) is 1.44. The number of hydrogen-bond donors (Lipinski definition) is 4. The molecule has 6 heteroatoms. The Bertz CT molecular complexity index is 351. The average Bonchev–Trinajstić information content (AvgIpc) is 2.16. The van der Waals surface area contributed by atoms with E-state index in [1.165, 1.54) is 0 Å². The van der Waals surface area contributed by atoms with Crippen LogP contribution in [-0.2, 0) is 0 Å². The van der Waals surface area contributed by atoms with Gasteiger partial charge < -0.3 is 21.7 Å². The van der Waals surface area contributed by atoms with Crippen molar-refractivity contribution < 1.29 is 19.0 Å². The van der Waals surface area contributed by atoms with E-state index in [0.717, 1.165) is 6.07 Å². The molecule has 0 aliphatic rings. The van der Waals surface area contributed by atoms with Crippen LogP contribution in [0.5, 0.6) is 0 Å². The first-order valence-corrected chi connectivity index (χ1v) is 4.78. The van der Waals surface area contributed by atoms with Gasteiger partial charge in [0.2, 0.25) is 0 Å². The number of aliphatic hydroxyl groups is 2. The van der Waals surface area contributed by atoms with Crippen LogP contribution in [0.4, 0.5) is 14.5 Å². The van der Waals surface area contributed by atoms with E-state index in [9.17, 15) is 19.0 Å². The second kappa shape index (κ2) is 5.20. The minimum Gasteiger partial charge on any atom is -0.398 e. The molecule has 0 saturated carbocycles. The van der Waals surface area contributed by atoms with Gasteiger partial charge in [-0.25, -0.2) is 8.78 Å². The van der Waals surface area contributed by atoms with Gasteiger partial charge in [0.05, 0.1) is 6.10 Å². The standard InChI is InChI=1S/C10H14F2N2O2/c11-5-3-6(12)9(7(14)4-5)10(16)8(15)1-2-13/h3-4,8,10,15-16H,1-2,13-14H2. The highest BCUT2D eigenvalue weighted by Gasteiger charge is 2.24. The molecular formula is C10H14F2N2O2. The van der Waals surface area contributed by atoms with Crippen molar-refractivity contribution in [2.75, 3.05) is 12.3 Å². The van der Waals surface area contributed by atoms with Crippen molar-refractivity contribution in [2.24, 2.45) is 5.73 Å². The van der Waals surface area contributed by atoms with E-state index in [-0.39, 0.29) is 24.2 Å². The number of anilines is 1. The molecule has 0 aromatic heterocycles. The summed E-state index contributed by atoms with van der Waals surface area (Å²) in [7, 11) is 0. The first-order valence-electron chi connectivity index (χ1n) is 4.78. The molecular weight excluding hydrogens is 218 g/mol. The molecule has 4 nitrogen and oxygen atoms in total. The van der Waals surface area contributed by atoms with E-state index in [0.29, 0.717) is 6.07 Å². The summed E-state index contributed by atoms with van der Waals surface area (Å²) < 4.78 is 26.1. The first-order chi connectivity index (χ1) is 7.47. The Morgan fingerprint density at radius 2 is 1.88 bits per heavy atom. The molecule has 0 spiro atoms. The molecule has 0 radical (unpaired) electrons. The van der Waals surface area contributed by atoms with Gasteiger partial charge in [-0.15, -0.1) is 0 Å². The molecule has 0 amide bonds. The Balaban J connectivity index is 3.03. The third kappa shape index (κ3) is 2.66. The molecule has 1 aromatic rings. The fraction of sp³-hybridized carbons (Fsp3) is 0.400. The number of halogens is 2. The van der Waals surface area contributed by atoms with Crippen molar-refractivity contribution in [2.45, 2.75) is 18.6 Å². The Morgan fingerprint density at radius 3 is 2.38 bits per heavy atom. The van der Waals surface area contributed by atoms with Gasteiger partial charge in [-0.3, -0.25) is 0 Å². The zero-order valence-electron chi connectivity index (χ0n) is 8.53. The van der Waals surface area contributed by atoms with E-state index in [2.05, 4.69) is 0 Å². The second-order valence-electron chi connectivity index (χ2n) is 3.48. The molecule has 2 atom stereocenters. The zero-order chi connectivity index (χ0) is 12.3. The third-order valence-electron chi connectivity index (χ3n) is 2.25. The maximum atomic E-state index is 13.3. The highest BCUT2D eigenvalue weighted by atomic mass is 19.1. The van der Waals surface area contributed by atoms with Crippen LogP contribution in [0, 0.1) is 11.6 Å². The molecule has 0 fully saturated rings. The lowest BCUT2D eigenvalue weighted by Gasteiger charge is -2.19. The molecule has 1 rings (SSSR count). The SMILES string of the molecule is NCCC(O)C(O)c1c(N)cc(F)cc1F. The molecule has 2 unspecified atom stereocenters. The molecule has 16 heavy (non-hydrogen) atoms. The topological polar surface area (TPSA) is 92.5 Å². The summed E-state index contributed by atoms with van der Waals surface area (Å²) >= 11 is 0. The van der Waals surface area contributed by atoms with Crippen LogP contribution >= 0.6 is 0 Å². The number of nitrogens with two attached hydrogens (primary N) is 2. The van der Waals surface area contributed by atoms with Crippen molar-refractivity contribution in [1.82, 2.24) is 0 Å². The summed E-state index contributed by atoms with van der Waals surface area (Å²) in [6, 6.07) is 1.49. The highest BCUT2D eigenvalue weighted by Crippen LogP contribution is 2.28. The lowest BCUT2D eigenvalue weighted by atomic mass is 10.00. The van der Waals surface area contributed by atoms with Crippen molar-refractivity contribution >= 4 is 5.69 Å². The molecule has 90 valence electrons. The van der Waals surface area contributed by atoms with Crippen LogP contribution in [0.3, 0.4) is 0 Å². The predicted molar refractivity (Wildman–Crippen MR) is 55.4 cm³/mol. The second-order valence-corrected chi connectivity index (χ2v) is 3.48. The fourth-order valence-electron chi connectivity index (χ4n) is 1.44. The molecule has 1 aromatic carbocycles. The van der Waals surface area contributed by atoms with Gasteiger partial charge in [0.25, 0.3) is 0 Å². The maximum Gasteiger partial charge on any atom is 0.134 e. The van der Waals surface area contributed by atoms with Gasteiger partial charge in [-0.2, -0.15) is 0 Å². The Morgan fingerprint density at radius 1 is 1.25 bits per heavy atom. The largest absolute Gasteiger partial charge is 0.398 e. The van der Waals surface area contributed by atoms with Crippen LogP contribution in [0.1, 0.15) is 18.1 Å². The van der Waals surface area contributed by atoms with Crippen LogP contribution in [0.25, 0.3) is 0 Å². The van der Waals surface area contributed by atoms with Crippen molar-refractivity contribution in [3.63, 3.8) is 0 Å². The average molecular weight is 232 g/mol. The third-order valence-corrected chi connectivity index (χ3v) is 2.25. The van der Waals surface area contributed by atoms with Crippen LogP contribution in [0.15, 0.2) is 12.1 Å². The summed E-state index contributed by atoms with van der Waals surface area (Å²) in [6.45, 7) is 0.140. The van der Waals surface area contributed by atoms with Crippen LogP contribution in [0.2, 0.25) is 0 Å². The number of aliphatic hydroxyl groups excluding tert-OH is 2. The Labute approximate surface area is 91.5 Å². The van der Waals surface area contributed by atoms with E-state index < -0.39 is 23.8 Å². The molecule has 0 aliphatic heterocycles. The number of benzene rings is 1. The normalized spacial score (nSPS) is 14.8. The Hall–Kier alpha value is -1.24. The summed E-state index contributed by atoms with van der Waals surface area (Å²) in [6.07, 6.45) is -2.64. The lowest BCUT2D eigenvalue weighted by molar-refractivity contribution is 0.0134. The summed E-state index contributed by atoms with van der Waals surface area (Å²) in [4.78, 5) is 0. The van der Waals surface area contributed by atoms with E-state index in [1.54, 1.807) is 0 Å². The minimum absolute atomic E-state index is 0.0947. The van der Waals surface area contributed by atoms with E-state index in [4.69, 9.17) is 11.5 Å². The van der Waals surface area contributed by atoms with Gasteiger partial charge in [0.1, 0.15) is 17.7 Å². The monoisotopic (exact) mass is 232 g/mol. The molecule has 0 bridgehead atoms. The van der Waals surface area contributed by atoms with Gasteiger partial charge >= 0.3 is 0 Å². The molecule has 0 heterocycles. The lowest BCUT2D eigenvalue weighted by Crippen LogP contribution is -2.23. The molecule has 0 saturated heterocycles. The number of nitrogen functional groups attached to an aromatic ring is 1. The number of rotatable bonds is 4. The van der Waals surface area contributed by atoms with Crippen molar-refractivity contribution in [3.8, 4) is 0 Å². The highest BCUT2D eigenvalue weighted by molar-refractivity contribution is 5.49. The van der Waals surface area contributed by atoms with E-state index in [1.807, 2.05) is 0 Å². The van der Waals surface area contributed by atoms with Gasteiger partial charge in [-0.05, 0) is 19.0 Å². The van der Waals surface area contributed by atoms with Gasteiger partial charge in [0.15, 0.2) is 0 Å². The van der Waals surface area contributed by atoms with Crippen molar-refractivity contribution in [1.29, 1.82) is 0 Å². The molecule has 0 aliphatic carbocycles. The Kier molecular flexibility index (Phi) is 4.17. The zero-order valence-corrected chi connectivity index (χ0v) is 8.53.